The van der Waals surface area contributed by atoms with Gasteiger partial charge in [0.05, 0.1) is 24.5 Å². The third kappa shape index (κ3) is 5.01. The van der Waals surface area contributed by atoms with Crippen LogP contribution in [0, 0.1) is 0 Å². The van der Waals surface area contributed by atoms with Gasteiger partial charge in [-0.25, -0.2) is 4.98 Å². The number of carbonyl (C=O) groups is 1. The predicted molar refractivity (Wildman–Crippen MR) is 97.7 cm³/mol. The van der Waals surface area contributed by atoms with Crippen molar-refractivity contribution in [1.29, 1.82) is 0 Å². The first-order valence-electron chi connectivity index (χ1n) is 8.38. The lowest BCUT2D eigenvalue weighted by Gasteiger charge is -2.14. The molecule has 2 aromatic rings. The number of aliphatic hydroxyl groups is 1. The molecule has 1 unspecified atom stereocenters. The quantitative estimate of drug-likeness (QED) is 0.717. The SMILES string of the molecule is CCC(N)C(=O)Nc1ccc(Oc2ccc(CO)c(C(C)C)c2)nc1. The second-order valence-electron chi connectivity index (χ2n) is 6.16. The van der Waals surface area contributed by atoms with Gasteiger partial charge in [0.15, 0.2) is 0 Å². The van der Waals surface area contributed by atoms with E-state index < -0.39 is 6.04 Å². The fourth-order valence-electron chi connectivity index (χ4n) is 2.37. The van der Waals surface area contributed by atoms with Crippen molar-refractivity contribution in [3.8, 4) is 11.6 Å². The summed E-state index contributed by atoms with van der Waals surface area (Å²) in [6.45, 7) is 5.98. The maximum atomic E-state index is 11.8. The highest BCUT2D eigenvalue weighted by molar-refractivity contribution is 5.94. The number of nitrogens with zero attached hydrogens (tertiary/aromatic N) is 1. The zero-order valence-electron chi connectivity index (χ0n) is 14.8. The number of aromatic nitrogens is 1. The molecule has 0 radical (unpaired) electrons. The molecule has 0 saturated heterocycles. The van der Waals surface area contributed by atoms with Gasteiger partial charge in [0, 0.05) is 6.07 Å². The molecule has 0 aliphatic rings. The highest BCUT2D eigenvalue weighted by Crippen LogP contribution is 2.27. The smallest absolute Gasteiger partial charge is 0.241 e. The Morgan fingerprint density at radius 3 is 2.64 bits per heavy atom. The molecule has 2 rings (SSSR count). The molecular weight excluding hydrogens is 318 g/mol. The van der Waals surface area contributed by atoms with E-state index in [4.69, 9.17) is 10.5 Å². The Morgan fingerprint density at radius 1 is 1.32 bits per heavy atom. The molecule has 0 saturated carbocycles. The molecule has 0 aliphatic heterocycles. The van der Waals surface area contributed by atoms with E-state index >= 15 is 0 Å². The molecule has 4 N–H and O–H groups in total. The topological polar surface area (TPSA) is 97.5 Å². The van der Waals surface area contributed by atoms with Crippen LogP contribution in [-0.2, 0) is 11.4 Å². The van der Waals surface area contributed by atoms with E-state index in [1.807, 2.05) is 19.1 Å². The standard InChI is InChI=1S/C19H25N3O3/c1-4-17(20)19(24)22-14-6-8-18(21-10-14)25-15-7-5-13(11-23)16(9-15)12(2)3/h5-10,12,17,23H,4,11,20H2,1-3H3,(H,22,24). The average Bonchev–Trinajstić information content (AvgIpc) is 2.62. The number of hydrogen-bond acceptors (Lipinski definition) is 5. The number of anilines is 1. The largest absolute Gasteiger partial charge is 0.439 e. The molecule has 1 atom stereocenters. The van der Waals surface area contributed by atoms with Crippen LogP contribution in [0.5, 0.6) is 11.6 Å². The number of nitrogens with one attached hydrogen (secondary N) is 1. The Labute approximate surface area is 148 Å². The zero-order valence-corrected chi connectivity index (χ0v) is 14.8. The van der Waals surface area contributed by atoms with Crippen molar-refractivity contribution in [3.05, 3.63) is 47.7 Å². The molecule has 0 aliphatic carbocycles. The third-order valence-corrected chi connectivity index (χ3v) is 3.91. The summed E-state index contributed by atoms with van der Waals surface area (Å²) in [5.74, 6) is 1.11. The Morgan fingerprint density at radius 2 is 2.08 bits per heavy atom. The van der Waals surface area contributed by atoms with Gasteiger partial charge < -0.3 is 20.9 Å². The molecule has 1 amide bonds. The number of hydrogen-bond donors (Lipinski definition) is 3. The van der Waals surface area contributed by atoms with Crippen molar-refractivity contribution >= 4 is 11.6 Å². The summed E-state index contributed by atoms with van der Waals surface area (Å²) in [5, 5.41) is 12.1. The lowest BCUT2D eigenvalue weighted by Crippen LogP contribution is -2.34. The van der Waals surface area contributed by atoms with Gasteiger partial charge in [-0.2, -0.15) is 0 Å². The number of pyridine rings is 1. The highest BCUT2D eigenvalue weighted by Gasteiger charge is 2.12. The van der Waals surface area contributed by atoms with E-state index in [9.17, 15) is 9.90 Å². The number of rotatable bonds is 7. The average molecular weight is 343 g/mol. The van der Waals surface area contributed by atoms with Crippen LogP contribution in [0.2, 0.25) is 0 Å². The summed E-state index contributed by atoms with van der Waals surface area (Å²) in [6.07, 6.45) is 2.10. The number of benzene rings is 1. The number of amides is 1. The maximum absolute atomic E-state index is 11.8. The van der Waals surface area contributed by atoms with Gasteiger partial charge >= 0.3 is 0 Å². The summed E-state index contributed by atoms with van der Waals surface area (Å²) in [5.41, 5.74) is 8.18. The first-order chi connectivity index (χ1) is 11.9. The van der Waals surface area contributed by atoms with Gasteiger partial charge in [-0.15, -0.1) is 0 Å². The van der Waals surface area contributed by atoms with E-state index in [2.05, 4.69) is 24.1 Å². The van der Waals surface area contributed by atoms with Gasteiger partial charge in [0.25, 0.3) is 0 Å². The molecule has 0 spiro atoms. The van der Waals surface area contributed by atoms with E-state index in [0.717, 1.165) is 11.1 Å². The minimum absolute atomic E-state index is 0.000333. The predicted octanol–water partition coefficient (Wildman–Crippen LogP) is 3.17. The summed E-state index contributed by atoms with van der Waals surface area (Å²) in [7, 11) is 0. The summed E-state index contributed by atoms with van der Waals surface area (Å²) in [6, 6.07) is 8.43. The summed E-state index contributed by atoms with van der Waals surface area (Å²) in [4.78, 5) is 16.0. The minimum atomic E-state index is -0.532. The van der Waals surface area contributed by atoms with E-state index in [-0.39, 0.29) is 18.4 Å². The fourth-order valence-corrected chi connectivity index (χ4v) is 2.37. The van der Waals surface area contributed by atoms with Crippen molar-refractivity contribution < 1.29 is 14.6 Å². The van der Waals surface area contributed by atoms with Crippen molar-refractivity contribution in [2.24, 2.45) is 5.73 Å². The molecule has 1 heterocycles. The fraction of sp³-hybridized carbons (Fsp3) is 0.368. The van der Waals surface area contributed by atoms with Crippen LogP contribution in [-0.4, -0.2) is 22.0 Å². The Bertz CT molecular complexity index is 714. The van der Waals surface area contributed by atoms with Gasteiger partial charge in [-0.3, -0.25) is 4.79 Å². The van der Waals surface area contributed by atoms with Crippen LogP contribution in [0.3, 0.4) is 0 Å². The van der Waals surface area contributed by atoms with Gasteiger partial charge in [-0.05, 0) is 41.7 Å². The normalized spacial score (nSPS) is 12.1. The van der Waals surface area contributed by atoms with Gasteiger partial charge in [0.1, 0.15) is 5.75 Å². The first-order valence-corrected chi connectivity index (χ1v) is 8.38. The lowest BCUT2D eigenvalue weighted by molar-refractivity contribution is -0.117. The number of aliphatic hydroxyl groups excluding tert-OH is 1. The summed E-state index contributed by atoms with van der Waals surface area (Å²) >= 11 is 0. The molecule has 0 bridgehead atoms. The highest BCUT2D eigenvalue weighted by atomic mass is 16.5. The second-order valence-corrected chi connectivity index (χ2v) is 6.16. The van der Waals surface area contributed by atoms with Gasteiger partial charge in [0.2, 0.25) is 11.8 Å². The minimum Gasteiger partial charge on any atom is -0.439 e. The van der Waals surface area contributed by atoms with Crippen molar-refractivity contribution in [2.75, 3.05) is 5.32 Å². The van der Waals surface area contributed by atoms with Crippen LogP contribution in [0.25, 0.3) is 0 Å². The van der Waals surface area contributed by atoms with E-state index in [1.54, 1.807) is 18.2 Å². The number of ether oxygens (including phenoxy) is 1. The van der Waals surface area contributed by atoms with Gasteiger partial charge in [-0.1, -0.05) is 26.8 Å². The van der Waals surface area contributed by atoms with Crippen LogP contribution in [0.15, 0.2) is 36.5 Å². The Balaban J connectivity index is 2.08. The molecule has 1 aromatic carbocycles. The number of carbonyl (C=O) groups excluding carboxylic acids is 1. The van der Waals surface area contributed by atoms with Crippen molar-refractivity contribution in [2.45, 2.75) is 45.8 Å². The Hall–Kier alpha value is -2.44. The van der Waals surface area contributed by atoms with Crippen LogP contribution >= 0.6 is 0 Å². The van der Waals surface area contributed by atoms with Crippen LogP contribution in [0.4, 0.5) is 5.69 Å². The van der Waals surface area contributed by atoms with E-state index in [0.29, 0.717) is 23.7 Å². The molecule has 1 aromatic heterocycles. The van der Waals surface area contributed by atoms with Crippen molar-refractivity contribution in [3.63, 3.8) is 0 Å². The molecule has 25 heavy (non-hydrogen) atoms. The first kappa shape index (κ1) is 18.9. The molecule has 0 fully saturated rings. The molecule has 6 nitrogen and oxygen atoms in total. The second kappa shape index (κ2) is 8.60. The van der Waals surface area contributed by atoms with E-state index in [1.165, 1.54) is 6.20 Å². The Kier molecular flexibility index (Phi) is 6.50. The molecular formula is C19H25N3O3. The molecule has 134 valence electrons. The van der Waals surface area contributed by atoms with Crippen molar-refractivity contribution in [1.82, 2.24) is 4.98 Å². The lowest BCUT2D eigenvalue weighted by atomic mass is 9.97. The zero-order chi connectivity index (χ0) is 18.4. The maximum Gasteiger partial charge on any atom is 0.241 e. The molecule has 6 heteroatoms. The van der Waals surface area contributed by atoms with Crippen LogP contribution < -0.4 is 15.8 Å². The number of nitrogens with two attached hydrogens (primary N) is 1. The third-order valence-electron chi connectivity index (χ3n) is 3.91. The monoisotopic (exact) mass is 343 g/mol. The summed E-state index contributed by atoms with van der Waals surface area (Å²) < 4.78 is 5.77. The van der Waals surface area contributed by atoms with Crippen LogP contribution in [0.1, 0.15) is 44.2 Å².